The molecule has 1 aliphatic rings. The first-order chi connectivity index (χ1) is 8.22. The second kappa shape index (κ2) is 5.78. The van der Waals surface area contributed by atoms with Gasteiger partial charge < -0.3 is 10.1 Å². The Labute approximate surface area is 114 Å². The highest BCUT2D eigenvalue weighted by Crippen LogP contribution is 2.30. The van der Waals surface area contributed by atoms with Crippen LogP contribution in [-0.4, -0.2) is 24.1 Å². The number of amidine groups is 1. The fourth-order valence-corrected chi connectivity index (χ4v) is 2.93. The van der Waals surface area contributed by atoms with Crippen molar-refractivity contribution in [2.24, 2.45) is 4.99 Å². The van der Waals surface area contributed by atoms with Crippen molar-refractivity contribution in [3.63, 3.8) is 0 Å². The number of hydrogen-bond donors (Lipinski definition) is 1. The molecule has 1 N–H and O–H groups in total. The highest BCUT2D eigenvalue weighted by Gasteiger charge is 2.17. The van der Waals surface area contributed by atoms with Gasteiger partial charge in [0.05, 0.1) is 18.1 Å². The number of ether oxygens (including phenoxy) is 1. The quantitative estimate of drug-likeness (QED) is 0.922. The molecule has 92 valence electrons. The molecule has 0 radical (unpaired) electrons. The van der Waals surface area contributed by atoms with Crippen LogP contribution < -0.4 is 10.1 Å². The van der Waals surface area contributed by atoms with Gasteiger partial charge in [0, 0.05) is 17.0 Å². The molecule has 3 nitrogen and oxygen atoms in total. The van der Waals surface area contributed by atoms with Gasteiger partial charge in [-0.3, -0.25) is 4.99 Å². The van der Waals surface area contributed by atoms with Crippen LogP contribution in [0.1, 0.15) is 13.3 Å². The average Bonchev–Trinajstić information content (AvgIpc) is 2.79. The van der Waals surface area contributed by atoms with Crippen LogP contribution in [-0.2, 0) is 0 Å². The smallest absolute Gasteiger partial charge is 0.161 e. The molecule has 1 heterocycles. The molecule has 5 heteroatoms. The van der Waals surface area contributed by atoms with E-state index in [1.54, 1.807) is 7.11 Å². The van der Waals surface area contributed by atoms with Crippen LogP contribution in [0.25, 0.3) is 0 Å². The summed E-state index contributed by atoms with van der Waals surface area (Å²) in [5.41, 5.74) is 1.01. The van der Waals surface area contributed by atoms with Gasteiger partial charge in [-0.2, -0.15) is 0 Å². The van der Waals surface area contributed by atoms with Crippen molar-refractivity contribution < 1.29 is 4.74 Å². The van der Waals surface area contributed by atoms with Crippen molar-refractivity contribution in [3.05, 3.63) is 22.7 Å². The van der Waals surface area contributed by atoms with E-state index in [4.69, 9.17) is 4.74 Å². The molecule has 1 aliphatic heterocycles. The first-order valence-corrected chi connectivity index (χ1v) is 7.22. The molecular formula is C12H15BrN2OS. The molecule has 1 unspecified atom stereocenters. The second-order valence-electron chi connectivity index (χ2n) is 3.77. The number of benzene rings is 1. The Hall–Kier alpha value is -0.680. The minimum absolute atomic E-state index is 0.620. The zero-order valence-electron chi connectivity index (χ0n) is 9.87. The van der Waals surface area contributed by atoms with Crippen LogP contribution in [0.5, 0.6) is 5.75 Å². The van der Waals surface area contributed by atoms with Gasteiger partial charge in [-0.25, -0.2) is 0 Å². The van der Waals surface area contributed by atoms with Crippen LogP contribution in [0.4, 0.5) is 5.69 Å². The standard InChI is InChI=1S/C12H15BrN2OS/c1-3-9-7-14-12(17-9)15-8-4-5-10(13)11(6-8)16-2/h4-6,9H,3,7H2,1-2H3,(H,14,15). The maximum absolute atomic E-state index is 5.26. The number of nitrogens with one attached hydrogen (secondary N) is 1. The lowest BCUT2D eigenvalue weighted by atomic mass is 10.3. The van der Waals surface area contributed by atoms with Gasteiger partial charge in [-0.15, -0.1) is 0 Å². The number of thioether (sulfide) groups is 1. The third-order valence-electron chi connectivity index (χ3n) is 2.57. The largest absolute Gasteiger partial charge is 0.495 e. The third kappa shape index (κ3) is 3.16. The zero-order chi connectivity index (χ0) is 12.3. The molecule has 1 aromatic rings. The van der Waals surface area contributed by atoms with E-state index in [-0.39, 0.29) is 0 Å². The van der Waals surface area contributed by atoms with E-state index in [0.717, 1.165) is 34.0 Å². The summed E-state index contributed by atoms with van der Waals surface area (Å²) in [5, 5.41) is 4.94. The van der Waals surface area contributed by atoms with E-state index >= 15 is 0 Å². The van der Waals surface area contributed by atoms with E-state index < -0.39 is 0 Å². The summed E-state index contributed by atoms with van der Waals surface area (Å²) in [5.74, 6) is 0.825. The van der Waals surface area contributed by atoms with Gasteiger partial charge in [0.25, 0.3) is 0 Å². The van der Waals surface area contributed by atoms with Crippen LogP contribution in [0, 0.1) is 0 Å². The summed E-state index contributed by atoms with van der Waals surface area (Å²) < 4.78 is 6.22. The highest BCUT2D eigenvalue weighted by molar-refractivity contribution is 9.10. The number of anilines is 1. The van der Waals surface area contributed by atoms with Gasteiger partial charge in [0.2, 0.25) is 0 Å². The maximum atomic E-state index is 5.26. The van der Waals surface area contributed by atoms with Crippen molar-refractivity contribution in [1.29, 1.82) is 0 Å². The fourth-order valence-electron chi connectivity index (χ4n) is 1.56. The zero-order valence-corrected chi connectivity index (χ0v) is 12.3. The Bertz CT molecular complexity index is 437. The number of aliphatic imine (C=N–C) groups is 1. The Morgan fingerprint density at radius 1 is 1.59 bits per heavy atom. The lowest BCUT2D eigenvalue weighted by molar-refractivity contribution is 0.412. The average molecular weight is 315 g/mol. The van der Waals surface area contributed by atoms with Crippen molar-refractivity contribution >= 4 is 38.5 Å². The molecule has 1 atom stereocenters. The summed E-state index contributed by atoms with van der Waals surface area (Å²) in [4.78, 5) is 4.48. The maximum Gasteiger partial charge on any atom is 0.161 e. The monoisotopic (exact) mass is 314 g/mol. The fraction of sp³-hybridized carbons (Fsp3) is 0.417. The van der Waals surface area contributed by atoms with E-state index in [0.29, 0.717) is 5.25 Å². The lowest BCUT2D eigenvalue weighted by Crippen LogP contribution is -2.07. The molecule has 1 aromatic carbocycles. The van der Waals surface area contributed by atoms with E-state index in [1.807, 2.05) is 30.0 Å². The Balaban J connectivity index is 2.04. The van der Waals surface area contributed by atoms with Crippen molar-refractivity contribution in [3.8, 4) is 5.75 Å². The summed E-state index contributed by atoms with van der Waals surface area (Å²) in [6, 6.07) is 5.94. The Kier molecular flexibility index (Phi) is 4.34. The lowest BCUT2D eigenvalue weighted by Gasteiger charge is -2.09. The molecule has 0 bridgehead atoms. The van der Waals surface area contributed by atoms with Crippen LogP contribution >= 0.6 is 27.7 Å². The van der Waals surface area contributed by atoms with Crippen LogP contribution in [0.3, 0.4) is 0 Å². The topological polar surface area (TPSA) is 33.6 Å². The normalized spacial score (nSPS) is 19.0. The van der Waals surface area contributed by atoms with E-state index in [9.17, 15) is 0 Å². The second-order valence-corrected chi connectivity index (χ2v) is 5.91. The number of rotatable bonds is 3. The predicted octanol–water partition coefficient (Wildman–Crippen LogP) is 3.75. The summed E-state index contributed by atoms with van der Waals surface area (Å²) in [7, 11) is 1.67. The molecule has 0 saturated heterocycles. The van der Waals surface area contributed by atoms with Crippen molar-refractivity contribution in [2.75, 3.05) is 19.0 Å². The molecular weight excluding hydrogens is 300 g/mol. The first-order valence-electron chi connectivity index (χ1n) is 5.54. The number of methoxy groups -OCH3 is 1. The Morgan fingerprint density at radius 2 is 2.41 bits per heavy atom. The van der Waals surface area contributed by atoms with Gasteiger partial charge in [0.15, 0.2) is 5.17 Å². The van der Waals surface area contributed by atoms with Gasteiger partial charge in [-0.05, 0) is 34.5 Å². The summed E-state index contributed by atoms with van der Waals surface area (Å²) in [6.07, 6.45) is 1.16. The predicted molar refractivity (Wildman–Crippen MR) is 78.3 cm³/mol. The number of nitrogens with zero attached hydrogens (tertiary/aromatic N) is 1. The first kappa shape index (κ1) is 12.8. The molecule has 0 aromatic heterocycles. The molecule has 0 amide bonds. The molecule has 2 rings (SSSR count). The van der Waals surface area contributed by atoms with Crippen LogP contribution in [0.15, 0.2) is 27.7 Å². The number of hydrogen-bond acceptors (Lipinski definition) is 4. The number of halogens is 1. The van der Waals surface area contributed by atoms with Gasteiger partial charge in [-0.1, -0.05) is 18.7 Å². The van der Waals surface area contributed by atoms with Crippen molar-refractivity contribution in [2.45, 2.75) is 18.6 Å². The van der Waals surface area contributed by atoms with Crippen molar-refractivity contribution in [1.82, 2.24) is 0 Å². The van der Waals surface area contributed by atoms with E-state index in [1.165, 1.54) is 0 Å². The highest BCUT2D eigenvalue weighted by atomic mass is 79.9. The van der Waals surface area contributed by atoms with E-state index in [2.05, 4.69) is 33.2 Å². The van der Waals surface area contributed by atoms with Gasteiger partial charge >= 0.3 is 0 Å². The minimum atomic E-state index is 0.620. The minimum Gasteiger partial charge on any atom is -0.495 e. The SMILES string of the molecule is CCC1CN=C(Nc2ccc(Br)c(OC)c2)S1. The summed E-state index contributed by atoms with van der Waals surface area (Å²) in [6.45, 7) is 3.11. The molecule has 0 fully saturated rings. The molecule has 17 heavy (non-hydrogen) atoms. The third-order valence-corrected chi connectivity index (χ3v) is 4.50. The molecule has 0 spiro atoms. The summed E-state index contributed by atoms with van der Waals surface area (Å²) >= 11 is 5.25. The molecule has 0 aliphatic carbocycles. The van der Waals surface area contributed by atoms with Crippen LogP contribution in [0.2, 0.25) is 0 Å². The Morgan fingerprint density at radius 3 is 3.06 bits per heavy atom. The van der Waals surface area contributed by atoms with Gasteiger partial charge in [0.1, 0.15) is 5.75 Å². The molecule has 0 saturated carbocycles.